The third-order valence-electron chi connectivity index (χ3n) is 2.68. The standard InChI is InChI=1S/C12H15N3O/c13-7-11-6-10(3-5-15-11)9-16-12-2-1-4-14-8-12/h3,5-6,12,14H,1-2,4,8-9H2/t12-/m0/s1. The molecular formula is C12H15N3O. The Labute approximate surface area is 95.3 Å². The van der Waals surface area contributed by atoms with Crippen molar-refractivity contribution in [3.05, 3.63) is 29.6 Å². The molecule has 0 aromatic carbocycles. The second-order valence-electron chi connectivity index (χ2n) is 3.94. The summed E-state index contributed by atoms with van der Waals surface area (Å²) in [7, 11) is 0. The molecule has 16 heavy (non-hydrogen) atoms. The number of nitriles is 1. The van der Waals surface area contributed by atoms with Gasteiger partial charge in [0.15, 0.2) is 0 Å². The highest BCUT2D eigenvalue weighted by molar-refractivity contribution is 5.24. The fraction of sp³-hybridized carbons (Fsp3) is 0.500. The van der Waals surface area contributed by atoms with Crippen LogP contribution in [-0.4, -0.2) is 24.2 Å². The zero-order valence-corrected chi connectivity index (χ0v) is 9.15. The van der Waals surface area contributed by atoms with Gasteiger partial charge in [-0.1, -0.05) is 0 Å². The number of nitrogens with one attached hydrogen (secondary N) is 1. The lowest BCUT2D eigenvalue weighted by molar-refractivity contribution is 0.0252. The van der Waals surface area contributed by atoms with E-state index >= 15 is 0 Å². The zero-order valence-electron chi connectivity index (χ0n) is 9.15. The molecule has 1 aliphatic heterocycles. The molecule has 0 aliphatic carbocycles. The van der Waals surface area contributed by atoms with Gasteiger partial charge in [0, 0.05) is 12.7 Å². The van der Waals surface area contributed by atoms with Gasteiger partial charge >= 0.3 is 0 Å². The van der Waals surface area contributed by atoms with E-state index in [1.54, 1.807) is 12.3 Å². The highest BCUT2D eigenvalue weighted by Crippen LogP contribution is 2.10. The fourth-order valence-electron chi connectivity index (χ4n) is 1.80. The van der Waals surface area contributed by atoms with Crippen molar-refractivity contribution in [3.8, 4) is 6.07 Å². The van der Waals surface area contributed by atoms with E-state index in [0.29, 0.717) is 18.4 Å². The van der Waals surface area contributed by atoms with E-state index < -0.39 is 0 Å². The summed E-state index contributed by atoms with van der Waals surface area (Å²) in [6, 6.07) is 5.69. The number of aromatic nitrogens is 1. The first-order valence-electron chi connectivity index (χ1n) is 5.56. The maximum atomic E-state index is 8.72. The third kappa shape index (κ3) is 3.02. The lowest BCUT2D eigenvalue weighted by Crippen LogP contribution is -2.35. The fourth-order valence-corrected chi connectivity index (χ4v) is 1.80. The number of rotatable bonds is 3. The molecule has 1 aromatic heterocycles. The van der Waals surface area contributed by atoms with Crippen molar-refractivity contribution in [1.82, 2.24) is 10.3 Å². The van der Waals surface area contributed by atoms with Crippen molar-refractivity contribution in [3.63, 3.8) is 0 Å². The Balaban J connectivity index is 1.86. The molecule has 0 radical (unpaired) electrons. The lowest BCUT2D eigenvalue weighted by Gasteiger charge is -2.23. The average Bonchev–Trinajstić information content (AvgIpc) is 2.38. The summed E-state index contributed by atoms with van der Waals surface area (Å²) in [5.74, 6) is 0. The highest BCUT2D eigenvalue weighted by Gasteiger charge is 2.12. The van der Waals surface area contributed by atoms with Crippen LogP contribution in [-0.2, 0) is 11.3 Å². The molecule has 1 N–H and O–H groups in total. The average molecular weight is 217 g/mol. The van der Waals surface area contributed by atoms with E-state index in [0.717, 1.165) is 25.1 Å². The topological polar surface area (TPSA) is 57.9 Å². The predicted octanol–water partition coefficient (Wildman–Crippen LogP) is 1.22. The van der Waals surface area contributed by atoms with Crippen LogP contribution in [0.3, 0.4) is 0 Å². The van der Waals surface area contributed by atoms with Crippen molar-refractivity contribution in [2.45, 2.75) is 25.6 Å². The molecule has 2 rings (SSSR count). The van der Waals surface area contributed by atoms with E-state index in [1.165, 1.54) is 6.42 Å². The summed E-state index contributed by atoms with van der Waals surface area (Å²) >= 11 is 0. The van der Waals surface area contributed by atoms with E-state index in [-0.39, 0.29) is 0 Å². The van der Waals surface area contributed by atoms with Gasteiger partial charge in [-0.3, -0.25) is 0 Å². The van der Waals surface area contributed by atoms with Gasteiger partial charge in [0.2, 0.25) is 0 Å². The minimum Gasteiger partial charge on any atom is -0.372 e. The van der Waals surface area contributed by atoms with Crippen LogP contribution in [0, 0.1) is 11.3 Å². The zero-order chi connectivity index (χ0) is 11.2. The first-order valence-corrected chi connectivity index (χ1v) is 5.56. The minimum atomic E-state index is 0.299. The Hall–Kier alpha value is -1.44. The Bertz CT molecular complexity index is 380. The molecule has 84 valence electrons. The second kappa shape index (κ2) is 5.59. The largest absolute Gasteiger partial charge is 0.372 e. The number of hydrogen-bond donors (Lipinski definition) is 1. The molecule has 1 saturated heterocycles. The molecule has 1 aromatic rings. The Morgan fingerprint density at radius 2 is 2.56 bits per heavy atom. The molecule has 0 amide bonds. The van der Waals surface area contributed by atoms with Gasteiger partial charge in [-0.2, -0.15) is 5.26 Å². The number of hydrogen-bond acceptors (Lipinski definition) is 4. The molecule has 1 aliphatic rings. The maximum Gasteiger partial charge on any atom is 0.140 e. The maximum absolute atomic E-state index is 8.72. The van der Waals surface area contributed by atoms with Crippen molar-refractivity contribution >= 4 is 0 Å². The van der Waals surface area contributed by atoms with Crippen LogP contribution < -0.4 is 5.32 Å². The molecule has 4 heteroatoms. The van der Waals surface area contributed by atoms with Crippen molar-refractivity contribution in [2.24, 2.45) is 0 Å². The van der Waals surface area contributed by atoms with Gasteiger partial charge < -0.3 is 10.1 Å². The first kappa shape index (κ1) is 11.1. The predicted molar refractivity (Wildman–Crippen MR) is 59.6 cm³/mol. The van der Waals surface area contributed by atoms with Crippen molar-refractivity contribution in [1.29, 1.82) is 5.26 Å². The smallest absolute Gasteiger partial charge is 0.140 e. The number of piperidine rings is 1. The molecule has 0 bridgehead atoms. The summed E-state index contributed by atoms with van der Waals surface area (Å²) in [4.78, 5) is 3.92. The number of pyridine rings is 1. The Kier molecular flexibility index (Phi) is 3.86. The molecule has 2 heterocycles. The molecule has 1 fully saturated rings. The van der Waals surface area contributed by atoms with E-state index in [2.05, 4.69) is 10.3 Å². The molecule has 1 atom stereocenters. The third-order valence-corrected chi connectivity index (χ3v) is 2.68. The number of ether oxygens (including phenoxy) is 1. The van der Waals surface area contributed by atoms with Gasteiger partial charge in [-0.25, -0.2) is 4.98 Å². The quantitative estimate of drug-likeness (QED) is 0.827. The second-order valence-corrected chi connectivity index (χ2v) is 3.94. The van der Waals surface area contributed by atoms with Crippen molar-refractivity contribution in [2.75, 3.05) is 13.1 Å². The first-order chi connectivity index (χ1) is 7.88. The monoisotopic (exact) mass is 217 g/mol. The highest BCUT2D eigenvalue weighted by atomic mass is 16.5. The molecule has 0 spiro atoms. The van der Waals surface area contributed by atoms with Crippen LogP contribution in [0.2, 0.25) is 0 Å². The summed E-state index contributed by atoms with van der Waals surface area (Å²) in [6.07, 6.45) is 4.23. The van der Waals surface area contributed by atoms with Crippen molar-refractivity contribution < 1.29 is 4.74 Å². The van der Waals surface area contributed by atoms with Crippen LogP contribution in [0.5, 0.6) is 0 Å². The van der Waals surface area contributed by atoms with Crippen LogP contribution in [0.25, 0.3) is 0 Å². The van der Waals surface area contributed by atoms with Gasteiger partial charge in [0.1, 0.15) is 11.8 Å². The molecular weight excluding hydrogens is 202 g/mol. The van der Waals surface area contributed by atoms with Crippen LogP contribution in [0.15, 0.2) is 18.3 Å². The minimum absolute atomic E-state index is 0.299. The summed E-state index contributed by atoms with van der Waals surface area (Å²) in [5.41, 5.74) is 1.46. The molecule has 0 unspecified atom stereocenters. The van der Waals surface area contributed by atoms with Gasteiger partial charge in [-0.15, -0.1) is 0 Å². The van der Waals surface area contributed by atoms with Crippen LogP contribution in [0.4, 0.5) is 0 Å². The van der Waals surface area contributed by atoms with Gasteiger partial charge in [0.05, 0.1) is 12.7 Å². The van der Waals surface area contributed by atoms with Crippen LogP contribution >= 0.6 is 0 Å². The van der Waals surface area contributed by atoms with Gasteiger partial charge in [0.25, 0.3) is 0 Å². The molecule has 4 nitrogen and oxygen atoms in total. The van der Waals surface area contributed by atoms with Crippen LogP contribution in [0.1, 0.15) is 24.1 Å². The summed E-state index contributed by atoms with van der Waals surface area (Å²) in [5, 5.41) is 12.0. The molecule has 0 saturated carbocycles. The van der Waals surface area contributed by atoms with E-state index in [9.17, 15) is 0 Å². The Morgan fingerprint density at radius 3 is 3.31 bits per heavy atom. The lowest BCUT2D eigenvalue weighted by atomic mass is 10.1. The van der Waals surface area contributed by atoms with E-state index in [4.69, 9.17) is 10.00 Å². The summed E-state index contributed by atoms with van der Waals surface area (Å²) < 4.78 is 5.77. The summed E-state index contributed by atoms with van der Waals surface area (Å²) in [6.45, 7) is 2.58. The Morgan fingerprint density at radius 1 is 1.62 bits per heavy atom. The number of nitrogens with zero attached hydrogens (tertiary/aromatic N) is 2. The van der Waals surface area contributed by atoms with Gasteiger partial charge in [-0.05, 0) is 37.1 Å². The SMILES string of the molecule is N#Cc1cc(CO[C@H]2CCCNC2)ccn1. The normalized spacial score (nSPS) is 20.3. The van der Waals surface area contributed by atoms with E-state index in [1.807, 2.05) is 12.1 Å².